The summed E-state index contributed by atoms with van der Waals surface area (Å²) in [6.07, 6.45) is 0.430. The Morgan fingerprint density at radius 3 is 2.67 bits per heavy atom. The van der Waals surface area contributed by atoms with Gasteiger partial charge in [0.05, 0.1) is 19.3 Å². The molecule has 0 bridgehead atoms. The zero-order chi connectivity index (χ0) is 15.4. The molecule has 1 aromatic rings. The van der Waals surface area contributed by atoms with Crippen molar-refractivity contribution in [3.63, 3.8) is 0 Å². The minimum atomic E-state index is 0.0996. The lowest BCUT2D eigenvalue weighted by atomic mass is 10.1. The van der Waals surface area contributed by atoms with Crippen molar-refractivity contribution >= 4 is 5.84 Å². The van der Waals surface area contributed by atoms with E-state index in [1.165, 1.54) is 0 Å². The van der Waals surface area contributed by atoms with Gasteiger partial charge in [0.1, 0.15) is 5.75 Å². The van der Waals surface area contributed by atoms with Crippen LogP contribution in [0.5, 0.6) is 5.75 Å². The van der Waals surface area contributed by atoms with Gasteiger partial charge in [0.2, 0.25) is 0 Å². The number of amidine groups is 1. The van der Waals surface area contributed by atoms with Gasteiger partial charge in [-0.15, -0.1) is 0 Å². The first-order valence-corrected chi connectivity index (χ1v) is 7.06. The first-order chi connectivity index (χ1) is 10.0. The predicted molar refractivity (Wildman–Crippen MR) is 80.8 cm³/mol. The molecule has 1 saturated heterocycles. The van der Waals surface area contributed by atoms with Gasteiger partial charge in [-0.3, -0.25) is 4.90 Å². The Balaban J connectivity index is 2.21. The van der Waals surface area contributed by atoms with E-state index in [2.05, 4.69) is 23.9 Å². The number of nitrogens with two attached hydrogens (primary N) is 1. The van der Waals surface area contributed by atoms with Crippen LogP contribution in [0.25, 0.3) is 0 Å². The van der Waals surface area contributed by atoms with Crippen molar-refractivity contribution < 1.29 is 14.7 Å². The summed E-state index contributed by atoms with van der Waals surface area (Å²) in [6.45, 7) is 6.65. The van der Waals surface area contributed by atoms with Crippen LogP contribution < -0.4 is 10.5 Å². The number of benzene rings is 1. The standard InChI is InChI=1S/C15H23N3O3/c1-10-7-18(8-11(2)21-10)9-13-6-12(15(16)17-19)4-5-14(13)20-3/h4-6,10-11,19H,7-9H2,1-3H3,(H2,16,17)/t10-,11+. The number of nitrogens with zero attached hydrogens (tertiary/aromatic N) is 2. The lowest BCUT2D eigenvalue weighted by molar-refractivity contribution is -0.0706. The number of hydrogen-bond donors (Lipinski definition) is 2. The highest BCUT2D eigenvalue weighted by atomic mass is 16.5. The molecule has 116 valence electrons. The Hall–Kier alpha value is -1.79. The molecule has 0 radical (unpaired) electrons. The fourth-order valence-electron chi connectivity index (χ4n) is 2.77. The maximum absolute atomic E-state index is 8.80. The van der Waals surface area contributed by atoms with E-state index >= 15 is 0 Å². The van der Waals surface area contributed by atoms with Crippen LogP contribution in [0.3, 0.4) is 0 Å². The number of methoxy groups -OCH3 is 1. The van der Waals surface area contributed by atoms with Crippen LogP contribution in [-0.2, 0) is 11.3 Å². The summed E-state index contributed by atoms with van der Waals surface area (Å²) in [5.74, 6) is 0.902. The van der Waals surface area contributed by atoms with Gasteiger partial charge in [0, 0.05) is 30.8 Å². The smallest absolute Gasteiger partial charge is 0.170 e. The maximum atomic E-state index is 8.80. The number of rotatable bonds is 4. The van der Waals surface area contributed by atoms with Crippen LogP contribution in [0.15, 0.2) is 23.4 Å². The summed E-state index contributed by atoms with van der Waals surface area (Å²) in [5, 5.41) is 11.8. The van der Waals surface area contributed by atoms with E-state index in [9.17, 15) is 0 Å². The molecule has 0 spiro atoms. The van der Waals surface area contributed by atoms with Crippen LogP contribution >= 0.6 is 0 Å². The molecular weight excluding hydrogens is 270 g/mol. The second kappa shape index (κ2) is 6.78. The van der Waals surface area contributed by atoms with Crippen LogP contribution in [0.1, 0.15) is 25.0 Å². The Morgan fingerprint density at radius 2 is 2.10 bits per heavy atom. The second-order valence-electron chi connectivity index (χ2n) is 5.46. The molecular formula is C15H23N3O3. The summed E-state index contributed by atoms with van der Waals surface area (Å²) in [4.78, 5) is 2.33. The molecule has 2 rings (SSSR count). The van der Waals surface area contributed by atoms with Crippen LogP contribution in [0.2, 0.25) is 0 Å². The zero-order valence-electron chi connectivity index (χ0n) is 12.7. The number of morpholine rings is 1. The Morgan fingerprint density at radius 1 is 1.43 bits per heavy atom. The third kappa shape index (κ3) is 3.86. The molecule has 1 aromatic carbocycles. The number of hydrogen-bond acceptors (Lipinski definition) is 5. The highest BCUT2D eigenvalue weighted by Crippen LogP contribution is 2.23. The third-order valence-electron chi connectivity index (χ3n) is 3.57. The minimum absolute atomic E-state index is 0.0996. The van der Waals surface area contributed by atoms with Gasteiger partial charge in [-0.05, 0) is 32.0 Å². The van der Waals surface area contributed by atoms with Gasteiger partial charge in [0.25, 0.3) is 0 Å². The SMILES string of the molecule is COc1ccc(/C(N)=N/O)cc1CN1C[C@@H](C)O[C@@H](C)C1. The maximum Gasteiger partial charge on any atom is 0.170 e. The van der Waals surface area contributed by atoms with E-state index in [-0.39, 0.29) is 18.0 Å². The Kier molecular flexibility index (Phi) is 5.03. The first-order valence-electron chi connectivity index (χ1n) is 7.06. The summed E-state index contributed by atoms with van der Waals surface area (Å²) < 4.78 is 11.2. The van der Waals surface area contributed by atoms with Gasteiger partial charge >= 0.3 is 0 Å². The van der Waals surface area contributed by atoms with Gasteiger partial charge < -0.3 is 20.4 Å². The first kappa shape index (κ1) is 15.6. The average molecular weight is 293 g/mol. The topological polar surface area (TPSA) is 80.3 Å². The fraction of sp³-hybridized carbons (Fsp3) is 0.533. The Labute approximate surface area is 125 Å². The normalized spacial score (nSPS) is 24.0. The molecule has 1 aliphatic rings. The van der Waals surface area contributed by atoms with Crippen molar-refractivity contribution in [2.45, 2.75) is 32.6 Å². The average Bonchev–Trinajstić information content (AvgIpc) is 2.45. The molecule has 0 saturated carbocycles. The molecule has 1 fully saturated rings. The molecule has 6 heteroatoms. The molecule has 6 nitrogen and oxygen atoms in total. The van der Waals surface area contributed by atoms with Gasteiger partial charge in [0.15, 0.2) is 5.84 Å². The van der Waals surface area contributed by atoms with Crippen molar-refractivity contribution in [2.24, 2.45) is 10.9 Å². The van der Waals surface area contributed by atoms with Crippen LogP contribution in [-0.4, -0.2) is 48.4 Å². The summed E-state index contributed by atoms with van der Waals surface area (Å²) in [6, 6.07) is 5.52. The largest absolute Gasteiger partial charge is 0.496 e. The monoisotopic (exact) mass is 293 g/mol. The van der Waals surface area contributed by atoms with E-state index in [1.807, 2.05) is 12.1 Å². The van der Waals surface area contributed by atoms with Crippen LogP contribution in [0.4, 0.5) is 0 Å². The molecule has 0 aromatic heterocycles. The van der Waals surface area contributed by atoms with Gasteiger partial charge in [-0.1, -0.05) is 5.16 Å². The summed E-state index contributed by atoms with van der Waals surface area (Å²) >= 11 is 0. The van der Waals surface area contributed by atoms with E-state index in [0.717, 1.165) is 30.9 Å². The summed E-state index contributed by atoms with van der Waals surface area (Å²) in [5.41, 5.74) is 7.36. The molecule has 21 heavy (non-hydrogen) atoms. The predicted octanol–water partition coefficient (Wildman–Crippen LogP) is 1.40. The van der Waals surface area contributed by atoms with E-state index in [1.54, 1.807) is 13.2 Å². The van der Waals surface area contributed by atoms with Crippen LogP contribution in [0, 0.1) is 0 Å². The zero-order valence-corrected chi connectivity index (χ0v) is 12.7. The highest BCUT2D eigenvalue weighted by Gasteiger charge is 2.23. The molecule has 3 N–H and O–H groups in total. The highest BCUT2D eigenvalue weighted by molar-refractivity contribution is 5.97. The summed E-state index contributed by atoms with van der Waals surface area (Å²) in [7, 11) is 1.65. The number of ether oxygens (including phenoxy) is 2. The van der Waals surface area contributed by atoms with Crippen molar-refractivity contribution in [1.29, 1.82) is 0 Å². The lowest BCUT2D eigenvalue weighted by Crippen LogP contribution is -2.44. The second-order valence-corrected chi connectivity index (χ2v) is 5.46. The van der Waals surface area contributed by atoms with E-state index < -0.39 is 0 Å². The van der Waals surface area contributed by atoms with Gasteiger partial charge in [-0.2, -0.15) is 0 Å². The molecule has 2 atom stereocenters. The molecule has 1 aliphatic heterocycles. The van der Waals surface area contributed by atoms with Crippen molar-refractivity contribution in [1.82, 2.24) is 4.90 Å². The number of oxime groups is 1. The minimum Gasteiger partial charge on any atom is -0.496 e. The molecule has 0 aliphatic carbocycles. The van der Waals surface area contributed by atoms with E-state index in [4.69, 9.17) is 20.4 Å². The fourth-order valence-corrected chi connectivity index (χ4v) is 2.77. The van der Waals surface area contributed by atoms with Crippen molar-refractivity contribution in [3.8, 4) is 5.75 Å². The van der Waals surface area contributed by atoms with E-state index in [0.29, 0.717) is 5.56 Å². The third-order valence-corrected chi connectivity index (χ3v) is 3.57. The van der Waals surface area contributed by atoms with Gasteiger partial charge in [-0.25, -0.2) is 0 Å². The molecule has 1 heterocycles. The lowest BCUT2D eigenvalue weighted by Gasteiger charge is -2.35. The molecule has 0 unspecified atom stereocenters. The van der Waals surface area contributed by atoms with Crippen molar-refractivity contribution in [2.75, 3.05) is 20.2 Å². The Bertz CT molecular complexity index is 509. The van der Waals surface area contributed by atoms with Crippen molar-refractivity contribution in [3.05, 3.63) is 29.3 Å². The quantitative estimate of drug-likeness (QED) is 0.379. The molecule has 0 amide bonds.